The summed E-state index contributed by atoms with van der Waals surface area (Å²) in [6.45, 7) is 1.57. The Morgan fingerprint density at radius 2 is 1.95 bits per heavy atom. The summed E-state index contributed by atoms with van der Waals surface area (Å²) in [6.07, 6.45) is -3.74. The maximum absolute atomic E-state index is 13.6. The molecule has 0 aromatic heterocycles. The quantitative estimate of drug-likeness (QED) is 0.855. The highest BCUT2D eigenvalue weighted by molar-refractivity contribution is 7.92. The molecular weight excluding hydrogens is 335 g/mol. The van der Waals surface area contributed by atoms with Gasteiger partial charge < -0.3 is 9.84 Å². The normalized spacial score (nSPS) is 20.8. The van der Waals surface area contributed by atoms with Crippen LogP contribution in [-0.4, -0.2) is 31.6 Å². The van der Waals surface area contributed by atoms with Gasteiger partial charge in [0.25, 0.3) is 15.8 Å². The van der Waals surface area contributed by atoms with Gasteiger partial charge in [0.2, 0.25) is 0 Å². The van der Waals surface area contributed by atoms with Crippen molar-refractivity contribution >= 4 is 9.84 Å². The first kappa shape index (κ1) is 16.9. The average molecular weight is 346 g/mol. The molecular formula is C12H11F5O4S. The van der Waals surface area contributed by atoms with Crippen molar-refractivity contribution in [3.63, 3.8) is 0 Å². The van der Waals surface area contributed by atoms with Crippen LogP contribution in [0.5, 0.6) is 5.75 Å². The fourth-order valence-electron chi connectivity index (χ4n) is 2.30. The fraction of sp³-hybridized carbons (Fsp3) is 0.500. The first-order chi connectivity index (χ1) is 9.93. The van der Waals surface area contributed by atoms with Crippen LogP contribution in [0.15, 0.2) is 17.0 Å². The van der Waals surface area contributed by atoms with Crippen molar-refractivity contribution in [1.29, 1.82) is 0 Å². The summed E-state index contributed by atoms with van der Waals surface area (Å²) in [4.78, 5) is -1.37. The van der Waals surface area contributed by atoms with E-state index in [2.05, 4.69) is 0 Å². The topological polar surface area (TPSA) is 63.6 Å². The van der Waals surface area contributed by atoms with Crippen molar-refractivity contribution in [3.05, 3.63) is 23.3 Å². The van der Waals surface area contributed by atoms with Crippen LogP contribution in [0.2, 0.25) is 0 Å². The van der Waals surface area contributed by atoms with Gasteiger partial charge in [0, 0.05) is 17.5 Å². The Morgan fingerprint density at radius 1 is 1.36 bits per heavy atom. The van der Waals surface area contributed by atoms with Crippen LogP contribution in [-0.2, 0) is 16.3 Å². The summed E-state index contributed by atoms with van der Waals surface area (Å²) in [5.41, 5.74) is -7.04. The van der Waals surface area contributed by atoms with Gasteiger partial charge in [-0.1, -0.05) is 0 Å². The average Bonchev–Trinajstić information content (AvgIpc) is 2.61. The first-order valence-corrected chi connectivity index (χ1v) is 7.57. The largest absolute Gasteiger partial charge is 0.501 e. The molecule has 4 nitrogen and oxygen atoms in total. The van der Waals surface area contributed by atoms with Crippen molar-refractivity contribution in [1.82, 2.24) is 0 Å². The van der Waals surface area contributed by atoms with E-state index in [0.717, 1.165) is 6.07 Å². The van der Waals surface area contributed by atoms with Gasteiger partial charge in [0.1, 0.15) is 11.9 Å². The lowest BCUT2D eigenvalue weighted by Crippen LogP contribution is -2.26. The number of aliphatic hydroxyl groups is 1. The van der Waals surface area contributed by atoms with Crippen LogP contribution < -0.4 is 4.74 Å². The van der Waals surface area contributed by atoms with Gasteiger partial charge in [-0.15, -0.1) is 0 Å². The second-order valence-electron chi connectivity index (χ2n) is 4.68. The molecule has 0 spiro atoms. The highest BCUT2D eigenvalue weighted by Crippen LogP contribution is 2.50. The Bertz CT molecular complexity index is 696. The van der Waals surface area contributed by atoms with E-state index in [1.807, 2.05) is 0 Å². The summed E-state index contributed by atoms with van der Waals surface area (Å²) < 4.78 is 93.3. The number of rotatable bonds is 3. The molecule has 1 aliphatic carbocycles. The molecule has 1 unspecified atom stereocenters. The minimum atomic E-state index is -5.87. The highest BCUT2D eigenvalue weighted by atomic mass is 32.2. The monoisotopic (exact) mass is 346 g/mol. The summed E-state index contributed by atoms with van der Waals surface area (Å²) in [5, 5.41) is 9.57. The zero-order valence-electron chi connectivity index (χ0n) is 11.1. The second-order valence-corrected chi connectivity index (χ2v) is 6.59. The maximum atomic E-state index is 13.6. The van der Waals surface area contributed by atoms with Crippen molar-refractivity contribution < 1.29 is 40.2 Å². The van der Waals surface area contributed by atoms with E-state index in [9.17, 15) is 35.5 Å². The van der Waals surface area contributed by atoms with Gasteiger partial charge in [0.15, 0.2) is 0 Å². The van der Waals surface area contributed by atoms with Gasteiger partial charge >= 0.3 is 5.51 Å². The smallest absolute Gasteiger partial charge is 0.494 e. The molecule has 0 fully saturated rings. The molecule has 1 N–H and O–H groups in total. The molecule has 0 radical (unpaired) electrons. The Balaban J connectivity index is 2.75. The number of aliphatic hydroxyl groups excluding tert-OH is 1. The van der Waals surface area contributed by atoms with Crippen LogP contribution in [0.4, 0.5) is 22.0 Å². The third kappa shape index (κ3) is 2.43. The number of halogens is 5. The molecule has 22 heavy (non-hydrogen) atoms. The number of alkyl halides is 5. The molecule has 1 atom stereocenters. The fourth-order valence-corrected chi connectivity index (χ4v) is 3.32. The van der Waals surface area contributed by atoms with Crippen molar-refractivity contribution in [2.24, 2.45) is 0 Å². The molecule has 2 rings (SSSR count). The zero-order valence-corrected chi connectivity index (χ0v) is 11.9. The first-order valence-electron chi connectivity index (χ1n) is 6.09. The van der Waals surface area contributed by atoms with Crippen LogP contribution in [0, 0.1) is 0 Å². The maximum Gasteiger partial charge on any atom is 0.501 e. The van der Waals surface area contributed by atoms with E-state index < -0.39 is 49.8 Å². The number of fused-ring (bicyclic) bond motifs is 1. The third-order valence-electron chi connectivity index (χ3n) is 3.25. The number of benzene rings is 1. The Kier molecular flexibility index (Phi) is 3.89. The highest BCUT2D eigenvalue weighted by Gasteiger charge is 2.55. The summed E-state index contributed by atoms with van der Waals surface area (Å²) >= 11 is 0. The number of hydrogen-bond acceptors (Lipinski definition) is 4. The van der Waals surface area contributed by atoms with Crippen molar-refractivity contribution in [3.8, 4) is 5.75 Å². The number of sulfone groups is 1. The Hall–Kier alpha value is -1.42. The van der Waals surface area contributed by atoms with Gasteiger partial charge in [0.05, 0.1) is 11.5 Å². The van der Waals surface area contributed by atoms with Crippen LogP contribution >= 0.6 is 0 Å². The van der Waals surface area contributed by atoms with Gasteiger partial charge in [-0.2, -0.15) is 13.2 Å². The van der Waals surface area contributed by atoms with Gasteiger partial charge in [-0.05, 0) is 19.1 Å². The second kappa shape index (κ2) is 5.05. The minimum Gasteiger partial charge on any atom is -0.494 e. The molecule has 0 bridgehead atoms. The summed E-state index contributed by atoms with van der Waals surface area (Å²) in [5.74, 6) is -3.94. The molecule has 124 valence electrons. The predicted octanol–water partition coefficient (Wildman–Crippen LogP) is 2.60. The zero-order chi connectivity index (χ0) is 16.9. The summed E-state index contributed by atoms with van der Waals surface area (Å²) in [7, 11) is -5.87. The van der Waals surface area contributed by atoms with Crippen LogP contribution in [0.25, 0.3) is 0 Å². The molecule has 0 amide bonds. The van der Waals surface area contributed by atoms with E-state index in [4.69, 9.17) is 4.74 Å². The number of hydrogen-bond donors (Lipinski definition) is 1. The van der Waals surface area contributed by atoms with E-state index in [0.29, 0.717) is 6.07 Å². The molecule has 1 aromatic rings. The molecule has 0 heterocycles. The van der Waals surface area contributed by atoms with Crippen molar-refractivity contribution in [2.45, 2.75) is 35.8 Å². The minimum absolute atomic E-state index is 0.0411. The molecule has 0 saturated carbocycles. The Morgan fingerprint density at radius 3 is 2.45 bits per heavy atom. The molecule has 10 heteroatoms. The summed E-state index contributed by atoms with van der Waals surface area (Å²) in [6, 6.07) is 1.41. The van der Waals surface area contributed by atoms with Crippen LogP contribution in [0.3, 0.4) is 0 Å². The Labute approximate surface area is 122 Å². The predicted molar refractivity (Wildman–Crippen MR) is 64.5 cm³/mol. The number of ether oxygens (including phenoxy) is 1. The lowest BCUT2D eigenvalue weighted by Gasteiger charge is -2.17. The van der Waals surface area contributed by atoms with E-state index in [1.165, 1.54) is 6.92 Å². The van der Waals surface area contributed by atoms with Gasteiger partial charge in [-0.3, -0.25) is 0 Å². The molecule has 1 aliphatic rings. The van der Waals surface area contributed by atoms with Crippen LogP contribution in [0.1, 0.15) is 24.2 Å². The molecule has 0 saturated heterocycles. The SMILES string of the molecule is CCOc1ccc(S(=O)(=O)C(F)(F)F)c2c1CC(F)(F)C2O. The van der Waals surface area contributed by atoms with E-state index >= 15 is 0 Å². The van der Waals surface area contributed by atoms with E-state index in [1.54, 1.807) is 0 Å². The molecule has 1 aromatic carbocycles. The van der Waals surface area contributed by atoms with E-state index in [-0.39, 0.29) is 12.4 Å². The van der Waals surface area contributed by atoms with Gasteiger partial charge in [-0.25, -0.2) is 17.2 Å². The standard InChI is InChI=1S/C12H11F5O4S/c1-2-21-7-3-4-8(22(19,20)12(15,16)17)9-6(7)5-11(13,14)10(9)18/h3-4,10,18H,2,5H2,1H3. The lowest BCUT2D eigenvalue weighted by atomic mass is 10.1. The third-order valence-corrected chi connectivity index (χ3v) is 4.80. The lowest BCUT2D eigenvalue weighted by molar-refractivity contribution is -0.0978. The molecule has 0 aliphatic heterocycles. The van der Waals surface area contributed by atoms with Crippen molar-refractivity contribution in [2.75, 3.05) is 6.61 Å².